The summed E-state index contributed by atoms with van der Waals surface area (Å²) in [4.78, 5) is 25.8. The van der Waals surface area contributed by atoms with Crippen molar-refractivity contribution in [2.24, 2.45) is 0 Å². The lowest BCUT2D eigenvalue weighted by Gasteiger charge is -2.26. The van der Waals surface area contributed by atoms with E-state index in [1.54, 1.807) is 13.8 Å². The van der Waals surface area contributed by atoms with Crippen LogP contribution in [0.25, 0.3) is 0 Å². The predicted octanol–water partition coefficient (Wildman–Crippen LogP) is 3.34. The highest BCUT2D eigenvalue weighted by Crippen LogP contribution is 2.18. The van der Waals surface area contributed by atoms with Gasteiger partial charge in [0, 0.05) is 12.6 Å². The molecular formula is C18H18F2N2O2. The Bertz CT molecular complexity index is 713. The molecule has 0 unspecified atom stereocenters. The monoisotopic (exact) mass is 332 g/mol. The number of amides is 2. The summed E-state index contributed by atoms with van der Waals surface area (Å²) in [5.41, 5.74) is 0.226. The van der Waals surface area contributed by atoms with Crippen LogP contribution < -0.4 is 5.32 Å². The van der Waals surface area contributed by atoms with Crippen molar-refractivity contribution in [3.8, 4) is 0 Å². The minimum atomic E-state index is -1.08. The number of anilines is 1. The molecular weight excluding hydrogens is 314 g/mol. The molecule has 24 heavy (non-hydrogen) atoms. The van der Waals surface area contributed by atoms with E-state index in [1.807, 2.05) is 35.6 Å². The molecule has 0 heterocycles. The fraction of sp³-hybridized carbons (Fsp3) is 0.222. The van der Waals surface area contributed by atoms with Crippen LogP contribution in [0.1, 0.15) is 19.4 Å². The van der Waals surface area contributed by atoms with Gasteiger partial charge in [0.15, 0.2) is 0 Å². The zero-order valence-corrected chi connectivity index (χ0v) is 13.4. The van der Waals surface area contributed by atoms with Crippen LogP contribution in [-0.2, 0) is 16.1 Å². The second kappa shape index (κ2) is 7.68. The topological polar surface area (TPSA) is 49.4 Å². The number of carbonyl (C=O) groups excluding carboxylic acids is 2. The molecule has 0 aliphatic carbocycles. The molecule has 0 fully saturated rings. The number of halogens is 2. The largest absolute Gasteiger partial charge is 0.328 e. The lowest BCUT2D eigenvalue weighted by Crippen LogP contribution is -2.43. The van der Waals surface area contributed by atoms with Crippen molar-refractivity contribution >= 4 is 17.5 Å². The smallest absolute Gasteiger partial charge is 0.314 e. The van der Waals surface area contributed by atoms with Crippen LogP contribution in [0.2, 0.25) is 0 Å². The van der Waals surface area contributed by atoms with Crippen molar-refractivity contribution in [3.63, 3.8) is 0 Å². The molecule has 6 heteroatoms. The number of nitrogens with one attached hydrogen (secondary N) is 1. The Morgan fingerprint density at radius 3 is 2.12 bits per heavy atom. The Morgan fingerprint density at radius 2 is 1.58 bits per heavy atom. The number of nitrogens with zero attached hydrogens (tertiary/aromatic N) is 1. The zero-order chi connectivity index (χ0) is 17.7. The number of rotatable bonds is 4. The van der Waals surface area contributed by atoms with Crippen molar-refractivity contribution in [1.82, 2.24) is 4.90 Å². The van der Waals surface area contributed by atoms with Crippen LogP contribution in [0.4, 0.5) is 14.5 Å². The van der Waals surface area contributed by atoms with Gasteiger partial charge in [0.05, 0.1) is 0 Å². The average molecular weight is 332 g/mol. The van der Waals surface area contributed by atoms with E-state index in [-0.39, 0.29) is 12.6 Å². The van der Waals surface area contributed by atoms with Gasteiger partial charge in [0.2, 0.25) is 0 Å². The lowest BCUT2D eigenvalue weighted by atomic mass is 10.2. The van der Waals surface area contributed by atoms with Crippen LogP contribution in [0.5, 0.6) is 0 Å². The molecule has 0 aromatic heterocycles. The van der Waals surface area contributed by atoms with Gasteiger partial charge in [-0.15, -0.1) is 0 Å². The minimum Gasteiger partial charge on any atom is -0.328 e. The molecule has 126 valence electrons. The summed E-state index contributed by atoms with van der Waals surface area (Å²) in [5.74, 6) is -3.80. The third kappa shape index (κ3) is 4.16. The van der Waals surface area contributed by atoms with Gasteiger partial charge in [-0.2, -0.15) is 0 Å². The van der Waals surface area contributed by atoms with E-state index in [0.717, 1.165) is 17.7 Å². The predicted molar refractivity (Wildman–Crippen MR) is 87.1 cm³/mol. The number of hydrogen-bond acceptors (Lipinski definition) is 2. The van der Waals surface area contributed by atoms with Gasteiger partial charge in [0.25, 0.3) is 0 Å². The molecule has 2 rings (SSSR count). The van der Waals surface area contributed by atoms with Gasteiger partial charge in [-0.1, -0.05) is 36.4 Å². The van der Waals surface area contributed by atoms with E-state index < -0.39 is 29.1 Å². The maximum Gasteiger partial charge on any atom is 0.314 e. The first-order valence-corrected chi connectivity index (χ1v) is 7.50. The van der Waals surface area contributed by atoms with Crippen molar-refractivity contribution in [1.29, 1.82) is 0 Å². The van der Waals surface area contributed by atoms with Gasteiger partial charge in [-0.05, 0) is 31.5 Å². The maximum absolute atomic E-state index is 13.6. The number of hydrogen-bond donors (Lipinski definition) is 1. The van der Waals surface area contributed by atoms with Crippen LogP contribution in [0.15, 0.2) is 48.5 Å². The van der Waals surface area contributed by atoms with E-state index in [0.29, 0.717) is 0 Å². The number of para-hydroxylation sites is 1. The Balaban J connectivity index is 2.16. The van der Waals surface area contributed by atoms with Gasteiger partial charge < -0.3 is 10.2 Å². The van der Waals surface area contributed by atoms with Crippen molar-refractivity contribution in [3.05, 3.63) is 65.7 Å². The molecule has 0 radical (unpaired) electrons. The molecule has 0 bridgehead atoms. The summed E-state index contributed by atoms with van der Waals surface area (Å²) < 4.78 is 27.2. The van der Waals surface area contributed by atoms with Crippen LogP contribution in [-0.4, -0.2) is 22.8 Å². The quantitative estimate of drug-likeness (QED) is 0.873. The Kier molecular flexibility index (Phi) is 5.63. The zero-order valence-electron chi connectivity index (χ0n) is 13.4. The van der Waals surface area contributed by atoms with E-state index in [9.17, 15) is 18.4 Å². The first-order chi connectivity index (χ1) is 11.4. The van der Waals surface area contributed by atoms with Gasteiger partial charge >= 0.3 is 11.8 Å². The maximum atomic E-state index is 13.6. The Morgan fingerprint density at radius 1 is 1.00 bits per heavy atom. The third-order valence-electron chi connectivity index (χ3n) is 3.48. The SMILES string of the molecule is CC(C)N(Cc1ccccc1)C(=O)C(=O)Nc1c(F)cccc1F. The Hall–Kier alpha value is -2.76. The third-order valence-corrected chi connectivity index (χ3v) is 3.48. The van der Waals surface area contributed by atoms with E-state index in [2.05, 4.69) is 0 Å². The summed E-state index contributed by atoms with van der Waals surface area (Å²) in [6.07, 6.45) is 0. The van der Waals surface area contributed by atoms with Gasteiger partial charge in [-0.3, -0.25) is 9.59 Å². The first kappa shape index (κ1) is 17.6. The van der Waals surface area contributed by atoms with Gasteiger partial charge in [-0.25, -0.2) is 8.78 Å². The highest BCUT2D eigenvalue weighted by Gasteiger charge is 2.26. The second-order valence-corrected chi connectivity index (χ2v) is 5.56. The van der Waals surface area contributed by atoms with Crippen molar-refractivity contribution in [2.75, 3.05) is 5.32 Å². The Labute approximate surface area is 139 Å². The minimum absolute atomic E-state index is 0.227. The molecule has 0 aliphatic rings. The molecule has 4 nitrogen and oxygen atoms in total. The normalized spacial score (nSPS) is 10.5. The fourth-order valence-electron chi connectivity index (χ4n) is 2.18. The molecule has 0 atom stereocenters. The van der Waals surface area contributed by atoms with E-state index in [4.69, 9.17) is 0 Å². The van der Waals surface area contributed by atoms with Crippen LogP contribution in [0.3, 0.4) is 0 Å². The summed E-state index contributed by atoms with van der Waals surface area (Å²) >= 11 is 0. The average Bonchev–Trinajstić information content (AvgIpc) is 2.56. The molecule has 0 saturated carbocycles. The highest BCUT2D eigenvalue weighted by atomic mass is 19.1. The summed E-state index contributed by atoms with van der Waals surface area (Å²) in [6, 6.07) is 12.1. The highest BCUT2D eigenvalue weighted by molar-refractivity contribution is 6.39. The van der Waals surface area contributed by atoms with Crippen molar-refractivity contribution < 1.29 is 18.4 Å². The second-order valence-electron chi connectivity index (χ2n) is 5.56. The number of benzene rings is 2. The van der Waals surface area contributed by atoms with E-state index >= 15 is 0 Å². The molecule has 2 aromatic carbocycles. The summed E-state index contributed by atoms with van der Waals surface area (Å²) in [5, 5.41) is 2.02. The van der Waals surface area contributed by atoms with Crippen LogP contribution >= 0.6 is 0 Å². The standard InChI is InChI=1S/C18H18F2N2O2/c1-12(2)22(11-13-7-4-3-5-8-13)18(24)17(23)21-16-14(19)9-6-10-15(16)20/h3-10,12H,11H2,1-2H3,(H,21,23). The fourth-order valence-corrected chi connectivity index (χ4v) is 2.18. The number of carbonyl (C=O) groups is 2. The molecule has 0 spiro atoms. The summed E-state index contributed by atoms with van der Waals surface area (Å²) in [7, 11) is 0. The van der Waals surface area contributed by atoms with E-state index in [1.165, 1.54) is 11.0 Å². The first-order valence-electron chi connectivity index (χ1n) is 7.50. The summed E-state index contributed by atoms with van der Waals surface area (Å²) in [6.45, 7) is 3.75. The molecule has 2 aromatic rings. The molecule has 2 amide bonds. The lowest BCUT2D eigenvalue weighted by molar-refractivity contribution is -0.144. The van der Waals surface area contributed by atoms with Crippen LogP contribution in [0, 0.1) is 11.6 Å². The molecule has 0 saturated heterocycles. The van der Waals surface area contributed by atoms with Gasteiger partial charge in [0.1, 0.15) is 17.3 Å². The van der Waals surface area contributed by atoms with Crippen molar-refractivity contribution in [2.45, 2.75) is 26.4 Å². The molecule has 1 N–H and O–H groups in total. The molecule has 0 aliphatic heterocycles.